The van der Waals surface area contributed by atoms with E-state index in [4.69, 9.17) is 0 Å². The molecule has 0 radical (unpaired) electrons. The molecule has 0 saturated heterocycles. The molecule has 0 aliphatic carbocycles. The van der Waals surface area contributed by atoms with Gasteiger partial charge >= 0.3 is 0 Å². The van der Waals surface area contributed by atoms with Gasteiger partial charge in [-0.3, -0.25) is 4.79 Å². The Kier molecular flexibility index (Phi) is 5.69. The number of para-hydroxylation sites is 1. The number of anilines is 1. The van der Waals surface area contributed by atoms with Gasteiger partial charge in [-0.25, -0.2) is 17.5 Å². The zero-order valence-electron chi connectivity index (χ0n) is 13.5. The first-order chi connectivity index (χ1) is 11.3. The molecule has 0 fully saturated rings. The molecule has 2 N–H and O–H groups in total. The normalized spacial score (nSPS) is 11.3. The van der Waals surface area contributed by atoms with Gasteiger partial charge in [0.2, 0.25) is 15.9 Å². The number of sulfonamides is 1. The first kappa shape index (κ1) is 18.1. The molecule has 5 nitrogen and oxygen atoms in total. The SMILES string of the molecule is Cc1cccc(C)c1NC(=O)CCNS(=O)(=O)c1ccc(F)cc1. The van der Waals surface area contributed by atoms with Crippen LogP contribution in [0.5, 0.6) is 0 Å². The van der Waals surface area contributed by atoms with Crippen LogP contribution in [0.25, 0.3) is 0 Å². The van der Waals surface area contributed by atoms with Gasteiger partial charge in [0.1, 0.15) is 5.82 Å². The summed E-state index contributed by atoms with van der Waals surface area (Å²) in [7, 11) is -3.76. The Morgan fingerprint density at radius 2 is 1.62 bits per heavy atom. The Hall–Kier alpha value is -2.25. The van der Waals surface area contributed by atoms with Gasteiger partial charge in [0.15, 0.2) is 0 Å². The maximum absolute atomic E-state index is 12.8. The van der Waals surface area contributed by atoms with E-state index >= 15 is 0 Å². The van der Waals surface area contributed by atoms with E-state index in [9.17, 15) is 17.6 Å². The fraction of sp³-hybridized carbons (Fsp3) is 0.235. The second kappa shape index (κ2) is 7.55. The van der Waals surface area contributed by atoms with Crippen molar-refractivity contribution in [3.05, 3.63) is 59.4 Å². The van der Waals surface area contributed by atoms with Crippen LogP contribution in [0.1, 0.15) is 17.5 Å². The second-order valence-electron chi connectivity index (χ2n) is 5.42. The van der Waals surface area contributed by atoms with Crippen LogP contribution >= 0.6 is 0 Å². The number of aryl methyl sites for hydroxylation is 2. The minimum atomic E-state index is -3.76. The predicted molar refractivity (Wildman–Crippen MR) is 90.8 cm³/mol. The minimum absolute atomic E-state index is 0.00575. The second-order valence-corrected chi connectivity index (χ2v) is 7.18. The highest BCUT2D eigenvalue weighted by molar-refractivity contribution is 7.89. The van der Waals surface area contributed by atoms with Crippen molar-refractivity contribution >= 4 is 21.6 Å². The number of rotatable bonds is 6. The summed E-state index contributed by atoms with van der Waals surface area (Å²) < 4.78 is 39.2. The van der Waals surface area contributed by atoms with Crippen molar-refractivity contribution in [2.45, 2.75) is 25.2 Å². The summed E-state index contributed by atoms with van der Waals surface area (Å²) in [5.41, 5.74) is 2.62. The summed E-state index contributed by atoms with van der Waals surface area (Å²) in [6, 6.07) is 10.2. The molecule has 0 aliphatic rings. The monoisotopic (exact) mass is 350 g/mol. The van der Waals surface area contributed by atoms with Crippen LogP contribution in [-0.2, 0) is 14.8 Å². The number of hydrogen-bond donors (Lipinski definition) is 2. The van der Waals surface area contributed by atoms with Gasteiger partial charge in [-0.05, 0) is 49.2 Å². The van der Waals surface area contributed by atoms with Crippen molar-refractivity contribution < 1.29 is 17.6 Å². The molecule has 24 heavy (non-hydrogen) atoms. The third kappa shape index (κ3) is 4.62. The molecular weight excluding hydrogens is 331 g/mol. The summed E-state index contributed by atoms with van der Waals surface area (Å²) in [6.07, 6.45) is -0.00575. The van der Waals surface area contributed by atoms with Crippen molar-refractivity contribution in [2.24, 2.45) is 0 Å². The zero-order valence-corrected chi connectivity index (χ0v) is 14.3. The van der Waals surface area contributed by atoms with E-state index in [2.05, 4.69) is 10.0 Å². The lowest BCUT2D eigenvalue weighted by Crippen LogP contribution is -2.28. The number of hydrogen-bond acceptors (Lipinski definition) is 3. The lowest BCUT2D eigenvalue weighted by molar-refractivity contribution is -0.116. The van der Waals surface area contributed by atoms with Gasteiger partial charge in [0.25, 0.3) is 0 Å². The predicted octanol–water partition coefficient (Wildman–Crippen LogP) is 2.75. The van der Waals surface area contributed by atoms with Crippen molar-refractivity contribution in [2.75, 3.05) is 11.9 Å². The van der Waals surface area contributed by atoms with Gasteiger partial charge in [-0.15, -0.1) is 0 Å². The number of carbonyl (C=O) groups is 1. The molecule has 0 spiro atoms. The van der Waals surface area contributed by atoms with Crippen molar-refractivity contribution in [1.29, 1.82) is 0 Å². The molecule has 0 heterocycles. The Bertz CT molecular complexity index is 813. The van der Waals surface area contributed by atoms with Crippen LogP contribution in [-0.4, -0.2) is 20.9 Å². The molecule has 2 aromatic carbocycles. The van der Waals surface area contributed by atoms with Gasteiger partial charge in [0.05, 0.1) is 4.90 Å². The molecule has 0 bridgehead atoms. The van der Waals surface area contributed by atoms with E-state index < -0.39 is 15.8 Å². The fourth-order valence-corrected chi connectivity index (χ4v) is 3.24. The van der Waals surface area contributed by atoms with Crippen LogP contribution in [0.2, 0.25) is 0 Å². The summed E-state index contributed by atoms with van der Waals surface area (Å²) in [5.74, 6) is -0.795. The highest BCUT2D eigenvalue weighted by atomic mass is 32.2. The molecule has 0 aromatic heterocycles. The molecule has 2 aromatic rings. The summed E-state index contributed by atoms with van der Waals surface area (Å²) >= 11 is 0. The average Bonchev–Trinajstić information content (AvgIpc) is 2.51. The van der Waals surface area contributed by atoms with Gasteiger partial charge < -0.3 is 5.32 Å². The van der Waals surface area contributed by atoms with E-state index in [0.29, 0.717) is 0 Å². The summed E-state index contributed by atoms with van der Waals surface area (Å²) in [6.45, 7) is 3.73. The van der Waals surface area contributed by atoms with E-state index in [1.165, 1.54) is 12.1 Å². The average molecular weight is 350 g/mol. The Balaban J connectivity index is 1.91. The molecule has 128 valence electrons. The summed E-state index contributed by atoms with van der Waals surface area (Å²) in [4.78, 5) is 11.9. The Morgan fingerprint density at radius 3 is 2.21 bits per heavy atom. The highest BCUT2D eigenvalue weighted by Crippen LogP contribution is 2.19. The quantitative estimate of drug-likeness (QED) is 0.841. The third-order valence-corrected chi connectivity index (χ3v) is 4.99. The van der Waals surface area contributed by atoms with Crippen LogP contribution in [0.3, 0.4) is 0 Å². The molecular formula is C17H19FN2O3S. The molecule has 7 heteroatoms. The molecule has 0 saturated carbocycles. The van der Waals surface area contributed by atoms with Gasteiger partial charge in [-0.1, -0.05) is 18.2 Å². The van der Waals surface area contributed by atoms with Crippen LogP contribution in [0, 0.1) is 19.7 Å². The molecule has 0 atom stereocenters. The van der Waals surface area contributed by atoms with Gasteiger partial charge in [-0.2, -0.15) is 0 Å². The maximum atomic E-state index is 12.8. The lowest BCUT2D eigenvalue weighted by Gasteiger charge is -2.12. The van der Waals surface area contributed by atoms with E-state index in [1.54, 1.807) is 0 Å². The largest absolute Gasteiger partial charge is 0.326 e. The van der Waals surface area contributed by atoms with Crippen molar-refractivity contribution in [1.82, 2.24) is 4.72 Å². The van der Waals surface area contributed by atoms with Crippen LogP contribution < -0.4 is 10.0 Å². The van der Waals surface area contributed by atoms with Gasteiger partial charge in [0, 0.05) is 18.7 Å². The number of nitrogens with one attached hydrogen (secondary N) is 2. The molecule has 1 amide bonds. The van der Waals surface area contributed by atoms with Crippen molar-refractivity contribution in [3.63, 3.8) is 0 Å². The maximum Gasteiger partial charge on any atom is 0.240 e. The molecule has 0 unspecified atom stereocenters. The number of carbonyl (C=O) groups excluding carboxylic acids is 1. The topological polar surface area (TPSA) is 75.3 Å². The van der Waals surface area contributed by atoms with E-state index in [1.807, 2.05) is 32.0 Å². The standard InChI is InChI=1S/C17H19FN2O3S/c1-12-4-3-5-13(2)17(12)20-16(21)10-11-19-24(22,23)15-8-6-14(18)7-9-15/h3-9,19H,10-11H2,1-2H3,(H,20,21). The number of halogens is 1. The minimum Gasteiger partial charge on any atom is -0.326 e. The van der Waals surface area contributed by atoms with Crippen LogP contribution in [0.4, 0.5) is 10.1 Å². The Labute approximate surface area is 141 Å². The Morgan fingerprint density at radius 1 is 1.04 bits per heavy atom. The lowest BCUT2D eigenvalue weighted by atomic mass is 10.1. The molecule has 0 aliphatic heterocycles. The van der Waals surface area contributed by atoms with E-state index in [-0.39, 0.29) is 23.8 Å². The van der Waals surface area contributed by atoms with E-state index in [0.717, 1.165) is 28.9 Å². The smallest absolute Gasteiger partial charge is 0.240 e. The third-order valence-electron chi connectivity index (χ3n) is 3.51. The number of amides is 1. The number of benzene rings is 2. The fourth-order valence-electron chi connectivity index (χ4n) is 2.21. The van der Waals surface area contributed by atoms with Crippen LogP contribution in [0.15, 0.2) is 47.4 Å². The molecule has 2 rings (SSSR count). The van der Waals surface area contributed by atoms with Crippen molar-refractivity contribution in [3.8, 4) is 0 Å². The highest BCUT2D eigenvalue weighted by Gasteiger charge is 2.14. The first-order valence-corrected chi connectivity index (χ1v) is 8.89. The first-order valence-electron chi connectivity index (χ1n) is 7.41. The zero-order chi connectivity index (χ0) is 17.7. The summed E-state index contributed by atoms with van der Waals surface area (Å²) in [5, 5.41) is 2.79.